The number of urea groups is 1. The van der Waals surface area contributed by atoms with E-state index in [1.165, 1.54) is 16.2 Å². The van der Waals surface area contributed by atoms with Crippen molar-refractivity contribution in [2.75, 3.05) is 25.0 Å². The second-order valence-electron chi connectivity index (χ2n) is 7.18. The van der Waals surface area contributed by atoms with Crippen LogP contribution in [-0.2, 0) is 6.42 Å². The first-order valence-corrected chi connectivity index (χ1v) is 11.5. The molecular weight excluding hydrogens is 404 g/mol. The van der Waals surface area contributed by atoms with Crippen LogP contribution >= 0.6 is 22.7 Å². The normalized spacial score (nSPS) is 14.9. The number of aromatic nitrogens is 1. The van der Waals surface area contributed by atoms with Gasteiger partial charge in [0.15, 0.2) is 5.13 Å². The van der Waals surface area contributed by atoms with E-state index in [-0.39, 0.29) is 11.9 Å². The van der Waals surface area contributed by atoms with E-state index in [9.17, 15) is 9.59 Å². The fourth-order valence-corrected chi connectivity index (χ4v) is 5.46. The van der Waals surface area contributed by atoms with Gasteiger partial charge in [0.1, 0.15) is 0 Å². The molecule has 1 saturated heterocycles. The molecule has 152 valence electrons. The number of thiophene rings is 1. The minimum absolute atomic E-state index is 0.0379. The maximum Gasteiger partial charge on any atom is 0.317 e. The van der Waals surface area contributed by atoms with Crippen molar-refractivity contribution >= 4 is 50.0 Å². The molecule has 6 nitrogen and oxygen atoms in total. The third kappa shape index (κ3) is 4.76. The number of amides is 3. The molecular formula is C21H24N4O2S2. The molecule has 29 heavy (non-hydrogen) atoms. The van der Waals surface area contributed by atoms with Crippen molar-refractivity contribution < 1.29 is 9.59 Å². The van der Waals surface area contributed by atoms with Crippen LogP contribution in [0.2, 0.25) is 0 Å². The van der Waals surface area contributed by atoms with Crippen molar-refractivity contribution in [1.29, 1.82) is 0 Å². The number of nitrogens with zero attached hydrogens (tertiary/aromatic N) is 2. The van der Waals surface area contributed by atoms with E-state index in [0.29, 0.717) is 22.5 Å². The Morgan fingerprint density at radius 2 is 1.93 bits per heavy atom. The van der Waals surface area contributed by atoms with Crippen molar-refractivity contribution in [2.45, 2.75) is 26.2 Å². The number of anilines is 1. The van der Waals surface area contributed by atoms with Crippen LogP contribution in [0.3, 0.4) is 0 Å². The molecule has 4 rings (SSSR count). The number of hydrogen-bond donors (Lipinski definition) is 2. The van der Waals surface area contributed by atoms with Gasteiger partial charge in [-0.15, -0.1) is 11.3 Å². The zero-order valence-electron chi connectivity index (χ0n) is 16.3. The molecule has 1 fully saturated rings. The largest absolute Gasteiger partial charge is 0.338 e. The maximum absolute atomic E-state index is 12.6. The molecule has 3 amide bonds. The molecule has 0 aliphatic carbocycles. The van der Waals surface area contributed by atoms with Gasteiger partial charge < -0.3 is 10.2 Å². The fraction of sp³-hybridized carbons (Fsp3) is 0.381. The van der Waals surface area contributed by atoms with Crippen LogP contribution in [0.15, 0.2) is 36.4 Å². The summed E-state index contributed by atoms with van der Waals surface area (Å²) in [5.74, 6) is 0.450. The summed E-state index contributed by atoms with van der Waals surface area (Å²) in [6, 6.07) is 11.8. The van der Waals surface area contributed by atoms with Crippen LogP contribution in [0.1, 0.15) is 34.3 Å². The molecule has 0 atom stereocenters. The van der Waals surface area contributed by atoms with E-state index in [4.69, 9.17) is 0 Å². The Morgan fingerprint density at radius 3 is 2.69 bits per heavy atom. The van der Waals surface area contributed by atoms with Crippen LogP contribution in [0, 0.1) is 5.92 Å². The van der Waals surface area contributed by atoms with Crippen LogP contribution in [0.4, 0.5) is 9.93 Å². The first-order valence-electron chi connectivity index (χ1n) is 9.91. The van der Waals surface area contributed by atoms with E-state index in [1.54, 1.807) is 11.3 Å². The van der Waals surface area contributed by atoms with Crippen molar-refractivity contribution in [3.05, 3.63) is 46.2 Å². The lowest BCUT2D eigenvalue weighted by Crippen LogP contribution is -2.44. The number of benzene rings is 1. The number of carbonyl (C=O) groups excluding carboxylic acids is 2. The summed E-state index contributed by atoms with van der Waals surface area (Å²) in [7, 11) is 0. The Balaban J connectivity index is 1.31. The molecule has 2 N–H and O–H groups in total. The summed E-state index contributed by atoms with van der Waals surface area (Å²) in [5, 5.41) is 6.42. The number of thiazole rings is 1. The lowest BCUT2D eigenvalue weighted by atomic mass is 9.93. The molecule has 2 aromatic heterocycles. The SMILES string of the molecule is CCNC(=O)N1CCC(Cc2ccc(C(=O)Nc3nc4ccccc4s3)s2)CC1. The van der Waals surface area contributed by atoms with Gasteiger partial charge in [0.25, 0.3) is 5.91 Å². The highest BCUT2D eigenvalue weighted by molar-refractivity contribution is 7.22. The third-order valence-corrected chi connectivity index (χ3v) is 7.18. The van der Waals surface area contributed by atoms with E-state index < -0.39 is 0 Å². The minimum atomic E-state index is -0.105. The zero-order valence-corrected chi connectivity index (χ0v) is 17.9. The molecule has 1 aliphatic rings. The quantitative estimate of drug-likeness (QED) is 0.624. The highest BCUT2D eigenvalue weighted by atomic mass is 32.1. The summed E-state index contributed by atoms with van der Waals surface area (Å²) in [4.78, 5) is 32.8. The van der Waals surface area contributed by atoms with Gasteiger partial charge in [-0.05, 0) is 56.4 Å². The average molecular weight is 429 g/mol. The molecule has 8 heteroatoms. The predicted octanol–water partition coefficient (Wildman–Crippen LogP) is 4.59. The Hall–Kier alpha value is -2.45. The van der Waals surface area contributed by atoms with Crippen molar-refractivity contribution in [3.63, 3.8) is 0 Å². The van der Waals surface area contributed by atoms with Crippen molar-refractivity contribution in [1.82, 2.24) is 15.2 Å². The van der Waals surface area contributed by atoms with Gasteiger partial charge in [-0.3, -0.25) is 10.1 Å². The third-order valence-electron chi connectivity index (χ3n) is 5.12. The number of likely N-dealkylation sites (tertiary alicyclic amines) is 1. The molecule has 0 saturated carbocycles. The van der Waals surface area contributed by atoms with Crippen LogP contribution < -0.4 is 10.6 Å². The van der Waals surface area contributed by atoms with Gasteiger partial charge in [-0.2, -0.15) is 0 Å². The van der Waals surface area contributed by atoms with Crippen LogP contribution in [0.25, 0.3) is 10.2 Å². The standard InChI is InChI=1S/C21H24N4O2S2/c1-2-22-21(27)25-11-9-14(10-12-25)13-15-7-8-18(28-15)19(26)24-20-23-16-5-3-4-6-17(16)29-20/h3-8,14H,2,9-13H2,1H3,(H,22,27)(H,23,24,26). The molecule has 3 heterocycles. The number of rotatable bonds is 5. The van der Waals surface area contributed by atoms with E-state index in [1.807, 2.05) is 48.2 Å². The maximum atomic E-state index is 12.6. The van der Waals surface area contributed by atoms with Gasteiger partial charge in [0.2, 0.25) is 0 Å². The lowest BCUT2D eigenvalue weighted by Gasteiger charge is -2.31. The Morgan fingerprint density at radius 1 is 1.14 bits per heavy atom. The van der Waals surface area contributed by atoms with Gasteiger partial charge in [0, 0.05) is 24.5 Å². The van der Waals surface area contributed by atoms with Gasteiger partial charge in [-0.25, -0.2) is 9.78 Å². The summed E-state index contributed by atoms with van der Waals surface area (Å²) >= 11 is 3.03. The second-order valence-corrected chi connectivity index (χ2v) is 9.38. The monoisotopic (exact) mass is 428 g/mol. The van der Waals surface area contributed by atoms with Crippen molar-refractivity contribution in [3.8, 4) is 0 Å². The number of para-hydroxylation sites is 1. The van der Waals surface area contributed by atoms with Crippen LogP contribution in [-0.4, -0.2) is 41.5 Å². The molecule has 3 aromatic rings. The summed E-state index contributed by atoms with van der Waals surface area (Å²) in [6.07, 6.45) is 2.97. The van der Waals surface area contributed by atoms with Crippen molar-refractivity contribution in [2.24, 2.45) is 5.92 Å². The number of nitrogens with one attached hydrogen (secondary N) is 2. The Kier molecular flexibility index (Phi) is 6.10. The molecule has 1 aromatic carbocycles. The van der Waals surface area contributed by atoms with Gasteiger partial charge >= 0.3 is 6.03 Å². The lowest BCUT2D eigenvalue weighted by molar-refractivity contribution is 0.103. The first-order chi connectivity index (χ1) is 14.1. The molecule has 1 aliphatic heterocycles. The number of piperidine rings is 1. The highest BCUT2D eigenvalue weighted by Crippen LogP contribution is 2.28. The van der Waals surface area contributed by atoms with E-state index >= 15 is 0 Å². The number of carbonyl (C=O) groups is 2. The fourth-order valence-electron chi connectivity index (χ4n) is 3.58. The smallest absolute Gasteiger partial charge is 0.317 e. The minimum Gasteiger partial charge on any atom is -0.338 e. The number of hydrogen-bond acceptors (Lipinski definition) is 5. The van der Waals surface area contributed by atoms with Gasteiger partial charge in [-0.1, -0.05) is 23.5 Å². The average Bonchev–Trinajstić information content (AvgIpc) is 3.35. The molecule has 0 radical (unpaired) electrons. The predicted molar refractivity (Wildman–Crippen MR) is 119 cm³/mol. The van der Waals surface area contributed by atoms with Crippen LogP contribution in [0.5, 0.6) is 0 Å². The Bertz CT molecular complexity index is 972. The highest BCUT2D eigenvalue weighted by Gasteiger charge is 2.23. The van der Waals surface area contributed by atoms with E-state index in [2.05, 4.69) is 15.6 Å². The molecule has 0 spiro atoms. The second kappa shape index (κ2) is 8.92. The van der Waals surface area contributed by atoms with Gasteiger partial charge in [0.05, 0.1) is 15.1 Å². The zero-order chi connectivity index (χ0) is 20.2. The molecule has 0 bridgehead atoms. The number of fused-ring (bicyclic) bond motifs is 1. The summed E-state index contributed by atoms with van der Waals surface area (Å²) < 4.78 is 1.06. The molecule has 0 unspecified atom stereocenters. The first kappa shape index (κ1) is 19.8. The summed E-state index contributed by atoms with van der Waals surface area (Å²) in [6.45, 7) is 4.20. The summed E-state index contributed by atoms with van der Waals surface area (Å²) in [5.41, 5.74) is 0.902. The Labute approximate surface area is 177 Å². The van der Waals surface area contributed by atoms with E-state index in [0.717, 1.165) is 42.6 Å². The topological polar surface area (TPSA) is 74.3 Å².